The van der Waals surface area contributed by atoms with Crippen molar-refractivity contribution in [2.45, 2.75) is 32.4 Å². The summed E-state index contributed by atoms with van der Waals surface area (Å²) in [6.07, 6.45) is 2.02. The molecule has 1 aromatic carbocycles. The van der Waals surface area contributed by atoms with Crippen LogP contribution < -0.4 is 5.32 Å². The van der Waals surface area contributed by atoms with Crippen LogP contribution in [0.5, 0.6) is 0 Å². The zero-order valence-electron chi connectivity index (χ0n) is 15.5. The van der Waals surface area contributed by atoms with Crippen molar-refractivity contribution in [1.29, 1.82) is 0 Å². The lowest BCUT2D eigenvalue weighted by Crippen LogP contribution is -2.41. The van der Waals surface area contributed by atoms with E-state index in [0.717, 1.165) is 5.56 Å². The maximum atomic E-state index is 12.9. The number of amides is 1. The molecule has 0 saturated carbocycles. The maximum absolute atomic E-state index is 12.9. The summed E-state index contributed by atoms with van der Waals surface area (Å²) in [6.45, 7) is 4.28. The molecule has 0 bridgehead atoms. The first kappa shape index (κ1) is 19.3. The molecule has 2 atom stereocenters. The van der Waals surface area contributed by atoms with Gasteiger partial charge in [-0.15, -0.1) is 0 Å². The van der Waals surface area contributed by atoms with Crippen molar-refractivity contribution in [3.8, 4) is 0 Å². The van der Waals surface area contributed by atoms with Gasteiger partial charge in [-0.1, -0.05) is 30.3 Å². The Hall–Kier alpha value is -2.48. The third-order valence-electron chi connectivity index (χ3n) is 4.77. The second-order valence-corrected chi connectivity index (χ2v) is 8.92. The van der Waals surface area contributed by atoms with Crippen LogP contribution in [-0.2, 0) is 9.84 Å². The van der Waals surface area contributed by atoms with Crippen molar-refractivity contribution in [1.82, 2.24) is 14.9 Å². The van der Waals surface area contributed by atoms with Gasteiger partial charge in [-0.05, 0) is 31.9 Å². The largest absolute Gasteiger partial charge is 0.348 e. The molecule has 144 valence electrons. The van der Waals surface area contributed by atoms with Crippen LogP contribution in [0.2, 0.25) is 0 Å². The van der Waals surface area contributed by atoms with Gasteiger partial charge in [-0.2, -0.15) is 0 Å². The van der Waals surface area contributed by atoms with E-state index >= 15 is 0 Å². The number of nitrogens with zero attached hydrogens (tertiary/aromatic N) is 3. The van der Waals surface area contributed by atoms with E-state index in [-0.39, 0.29) is 35.2 Å². The van der Waals surface area contributed by atoms with Gasteiger partial charge in [0, 0.05) is 18.8 Å². The van der Waals surface area contributed by atoms with Crippen molar-refractivity contribution >= 4 is 21.7 Å². The molecule has 27 heavy (non-hydrogen) atoms. The molecule has 2 heterocycles. The standard InChI is InChI=1S/C19H24N4O3S/c1-3-23(16-10-12-27(25,26)13-16)18(24)17-9-11-20-19(22-17)21-14(2)15-7-5-4-6-8-15/h4-9,11,14,16H,3,10,12-13H2,1-2H3,(H,20,21,22). The van der Waals surface area contributed by atoms with Crippen molar-refractivity contribution in [3.05, 3.63) is 53.9 Å². The van der Waals surface area contributed by atoms with E-state index in [4.69, 9.17) is 0 Å². The van der Waals surface area contributed by atoms with Gasteiger partial charge in [-0.25, -0.2) is 18.4 Å². The first-order chi connectivity index (χ1) is 12.9. The number of rotatable bonds is 6. The van der Waals surface area contributed by atoms with Crippen LogP contribution in [0.1, 0.15) is 42.4 Å². The minimum Gasteiger partial charge on any atom is -0.348 e. The van der Waals surface area contributed by atoms with Crippen LogP contribution >= 0.6 is 0 Å². The van der Waals surface area contributed by atoms with E-state index in [0.29, 0.717) is 18.9 Å². The Kier molecular flexibility index (Phi) is 5.74. The topological polar surface area (TPSA) is 92.3 Å². The predicted octanol–water partition coefficient (Wildman–Crippen LogP) is 2.30. The number of carbonyl (C=O) groups excluding carboxylic acids is 1. The van der Waals surface area contributed by atoms with E-state index < -0.39 is 9.84 Å². The van der Waals surface area contributed by atoms with Crippen molar-refractivity contribution in [2.24, 2.45) is 0 Å². The highest BCUT2D eigenvalue weighted by atomic mass is 32.2. The zero-order chi connectivity index (χ0) is 19.4. The van der Waals surface area contributed by atoms with Gasteiger partial charge in [0.15, 0.2) is 9.84 Å². The van der Waals surface area contributed by atoms with Crippen molar-refractivity contribution in [3.63, 3.8) is 0 Å². The predicted molar refractivity (Wildman–Crippen MR) is 104 cm³/mol. The van der Waals surface area contributed by atoms with Crippen LogP contribution in [0.4, 0.5) is 5.95 Å². The minimum absolute atomic E-state index is 0.0150. The molecule has 2 unspecified atom stereocenters. The fourth-order valence-electron chi connectivity index (χ4n) is 3.30. The lowest BCUT2D eigenvalue weighted by atomic mass is 10.1. The molecule has 8 heteroatoms. The van der Waals surface area contributed by atoms with Gasteiger partial charge in [0.05, 0.1) is 17.5 Å². The summed E-state index contributed by atoms with van der Waals surface area (Å²) in [4.78, 5) is 23.0. The monoisotopic (exact) mass is 388 g/mol. The van der Waals surface area contributed by atoms with Gasteiger partial charge in [0.1, 0.15) is 5.69 Å². The Morgan fingerprint density at radius 2 is 2.04 bits per heavy atom. The normalized spacial score (nSPS) is 19.4. The molecule has 1 aliphatic heterocycles. The van der Waals surface area contributed by atoms with E-state index in [1.54, 1.807) is 17.2 Å². The SMILES string of the molecule is CCN(C(=O)c1ccnc(NC(C)c2ccccc2)n1)C1CCS(=O)(=O)C1. The number of hydrogen-bond donors (Lipinski definition) is 1. The highest BCUT2D eigenvalue weighted by Crippen LogP contribution is 2.20. The molecule has 3 rings (SSSR count). The Labute approximate surface area is 159 Å². The van der Waals surface area contributed by atoms with E-state index in [2.05, 4.69) is 15.3 Å². The van der Waals surface area contributed by atoms with Crippen LogP contribution in [0.15, 0.2) is 42.6 Å². The van der Waals surface area contributed by atoms with Crippen LogP contribution in [0, 0.1) is 0 Å². The second-order valence-electron chi connectivity index (χ2n) is 6.69. The van der Waals surface area contributed by atoms with Crippen LogP contribution in [0.3, 0.4) is 0 Å². The molecule has 0 aliphatic carbocycles. The van der Waals surface area contributed by atoms with Gasteiger partial charge in [-0.3, -0.25) is 4.79 Å². The quantitative estimate of drug-likeness (QED) is 0.816. The first-order valence-electron chi connectivity index (χ1n) is 9.05. The zero-order valence-corrected chi connectivity index (χ0v) is 16.3. The van der Waals surface area contributed by atoms with Gasteiger partial charge in [0.25, 0.3) is 5.91 Å². The second kappa shape index (κ2) is 8.04. The molecule has 2 aromatic rings. The summed E-state index contributed by atoms with van der Waals surface area (Å²) >= 11 is 0. The molecular formula is C19H24N4O3S. The van der Waals surface area contributed by atoms with Gasteiger partial charge >= 0.3 is 0 Å². The minimum atomic E-state index is -3.06. The number of hydrogen-bond acceptors (Lipinski definition) is 6. The molecule has 1 N–H and O–H groups in total. The molecule has 1 saturated heterocycles. The Balaban J connectivity index is 1.75. The van der Waals surface area contributed by atoms with Crippen molar-refractivity contribution in [2.75, 3.05) is 23.4 Å². The number of aromatic nitrogens is 2. The summed E-state index contributed by atoms with van der Waals surface area (Å²) in [6, 6.07) is 11.1. The summed E-state index contributed by atoms with van der Waals surface area (Å²) < 4.78 is 23.5. The number of sulfone groups is 1. The van der Waals surface area contributed by atoms with Gasteiger partial charge < -0.3 is 10.2 Å². The summed E-state index contributed by atoms with van der Waals surface area (Å²) in [5, 5.41) is 3.20. The summed E-state index contributed by atoms with van der Waals surface area (Å²) in [7, 11) is -3.06. The van der Waals surface area contributed by atoms with E-state index in [9.17, 15) is 13.2 Å². The lowest BCUT2D eigenvalue weighted by Gasteiger charge is -2.26. The Morgan fingerprint density at radius 3 is 2.67 bits per heavy atom. The average Bonchev–Trinajstić information content (AvgIpc) is 3.02. The molecule has 1 amide bonds. The molecular weight excluding hydrogens is 364 g/mol. The average molecular weight is 388 g/mol. The van der Waals surface area contributed by atoms with E-state index in [1.807, 2.05) is 44.2 Å². The third kappa shape index (κ3) is 4.63. The fraction of sp³-hybridized carbons (Fsp3) is 0.421. The summed E-state index contributed by atoms with van der Waals surface area (Å²) in [5.41, 5.74) is 1.35. The third-order valence-corrected chi connectivity index (χ3v) is 6.52. The first-order valence-corrected chi connectivity index (χ1v) is 10.9. The number of nitrogens with one attached hydrogen (secondary N) is 1. The van der Waals surface area contributed by atoms with Crippen LogP contribution in [0.25, 0.3) is 0 Å². The molecule has 1 aromatic heterocycles. The smallest absolute Gasteiger partial charge is 0.272 e. The number of benzene rings is 1. The Morgan fingerprint density at radius 1 is 1.30 bits per heavy atom. The molecule has 7 nitrogen and oxygen atoms in total. The molecule has 0 radical (unpaired) electrons. The highest BCUT2D eigenvalue weighted by Gasteiger charge is 2.34. The van der Waals surface area contributed by atoms with E-state index in [1.165, 1.54) is 0 Å². The van der Waals surface area contributed by atoms with Gasteiger partial charge in [0.2, 0.25) is 5.95 Å². The fourth-order valence-corrected chi connectivity index (χ4v) is 5.03. The maximum Gasteiger partial charge on any atom is 0.272 e. The Bertz CT molecular complexity index is 902. The lowest BCUT2D eigenvalue weighted by molar-refractivity contribution is 0.0702. The summed E-state index contributed by atoms with van der Waals surface area (Å²) in [5.74, 6) is 0.255. The van der Waals surface area contributed by atoms with Crippen LogP contribution in [-0.4, -0.2) is 53.3 Å². The van der Waals surface area contributed by atoms with Crippen molar-refractivity contribution < 1.29 is 13.2 Å². The number of anilines is 1. The number of carbonyl (C=O) groups is 1. The highest BCUT2D eigenvalue weighted by molar-refractivity contribution is 7.91. The molecule has 1 fully saturated rings. The molecule has 0 spiro atoms. The molecule has 1 aliphatic rings.